The number of rotatable bonds is 9. The summed E-state index contributed by atoms with van der Waals surface area (Å²) in [7, 11) is 0. The van der Waals surface area contributed by atoms with Crippen molar-refractivity contribution >= 4 is 18.0 Å². The standard InChI is InChI=1S/C27H23NO5/c1-2-16-31-25-11-7-6-10-22(25)17-23(18-28)27(30)33-24-14-12-21(13-15-24)26(29)32-19-20-8-4-3-5-9-20/h3-15,17H,2,16,19H2,1H3/b23-17+. The van der Waals surface area contributed by atoms with Gasteiger partial charge in [-0.05, 0) is 48.4 Å². The van der Waals surface area contributed by atoms with E-state index >= 15 is 0 Å². The number of para-hydroxylation sites is 1. The minimum atomic E-state index is -0.804. The molecule has 0 aliphatic heterocycles. The molecule has 6 nitrogen and oxygen atoms in total. The lowest BCUT2D eigenvalue weighted by Gasteiger charge is -2.09. The molecule has 33 heavy (non-hydrogen) atoms. The lowest BCUT2D eigenvalue weighted by Crippen LogP contribution is -2.11. The first kappa shape index (κ1) is 23.3. The first-order chi connectivity index (χ1) is 16.1. The van der Waals surface area contributed by atoms with Crippen molar-refractivity contribution in [2.24, 2.45) is 0 Å². The number of ether oxygens (including phenoxy) is 3. The summed E-state index contributed by atoms with van der Waals surface area (Å²) in [5.41, 5.74) is 1.64. The molecule has 0 aliphatic carbocycles. The summed E-state index contributed by atoms with van der Waals surface area (Å²) < 4.78 is 16.3. The Bertz CT molecular complexity index is 1160. The van der Waals surface area contributed by atoms with Crippen molar-refractivity contribution in [2.75, 3.05) is 6.61 Å². The van der Waals surface area contributed by atoms with E-state index in [1.165, 1.54) is 30.3 Å². The van der Waals surface area contributed by atoms with Crippen LogP contribution >= 0.6 is 0 Å². The molecule has 0 saturated carbocycles. The van der Waals surface area contributed by atoms with E-state index in [2.05, 4.69) is 0 Å². The topological polar surface area (TPSA) is 85.6 Å². The minimum Gasteiger partial charge on any atom is -0.493 e. The molecule has 166 valence electrons. The van der Waals surface area contributed by atoms with Gasteiger partial charge in [0.1, 0.15) is 29.7 Å². The summed E-state index contributed by atoms with van der Waals surface area (Å²) in [5, 5.41) is 9.45. The maximum atomic E-state index is 12.5. The van der Waals surface area contributed by atoms with Crippen molar-refractivity contribution in [3.8, 4) is 17.6 Å². The molecule has 0 aromatic heterocycles. The third-order valence-corrected chi connectivity index (χ3v) is 4.53. The number of carbonyl (C=O) groups is 2. The Morgan fingerprint density at radius 3 is 2.33 bits per heavy atom. The molecule has 3 aromatic rings. The van der Waals surface area contributed by atoms with Gasteiger partial charge in [0, 0.05) is 5.56 Å². The Morgan fingerprint density at radius 1 is 0.939 bits per heavy atom. The molecule has 0 fully saturated rings. The number of nitrogens with zero attached hydrogens (tertiary/aromatic N) is 1. The molecule has 6 heteroatoms. The van der Waals surface area contributed by atoms with Gasteiger partial charge in [0.2, 0.25) is 0 Å². The second-order valence-corrected chi connectivity index (χ2v) is 7.03. The lowest BCUT2D eigenvalue weighted by atomic mass is 10.1. The predicted octanol–water partition coefficient (Wildman–Crippen LogP) is 5.34. The normalized spacial score (nSPS) is 10.7. The van der Waals surface area contributed by atoms with Crippen molar-refractivity contribution in [1.29, 1.82) is 5.26 Å². The SMILES string of the molecule is CCCOc1ccccc1/C=C(\C#N)C(=O)Oc1ccc(C(=O)OCc2ccccc2)cc1. The molecule has 0 bridgehead atoms. The quantitative estimate of drug-likeness (QED) is 0.193. The van der Waals surface area contributed by atoms with Gasteiger partial charge in [-0.2, -0.15) is 5.26 Å². The first-order valence-electron chi connectivity index (χ1n) is 10.5. The van der Waals surface area contributed by atoms with E-state index in [0.29, 0.717) is 23.5 Å². The summed E-state index contributed by atoms with van der Waals surface area (Å²) in [6.45, 7) is 2.68. The highest BCUT2D eigenvalue weighted by atomic mass is 16.5. The fraction of sp³-hybridized carbons (Fsp3) is 0.148. The van der Waals surface area contributed by atoms with Gasteiger partial charge in [-0.25, -0.2) is 9.59 Å². The van der Waals surface area contributed by atoms with E-state index in [1.54, 1.807) is 18.2 Å². The molecule has 0 spiro atoms. The molecule has 0 radical (unpaired) electrons. The maximum absolute atomic E-state index is 12.5. The summed E-state index contributed by atoms with van der Waals surface area (Å²) >= 11 is 0. The van der Waals surface area contributed by atoms with Crippen LogP contribution in [0.4, 0.5) is 0 Å². The van der Waals surface area contributed by atoms with E-state index in [9.17, 15) is 14.9 Å². The predicted molar refractivity (Wildman–Crippen MR) is 123 cm³/mol. The molecule has 0 atom stereocenters. The third-order valence-electron chi connectivity index (χ3n) is 4.53. The number of hydrogen-bond acceptors (Lipinski definition) is 6. The fourth-order valence-corrected chi connectivity index (χ4v) is 2.86. The monoisotopic (exact) mass is 441 g/mol. The van der Waals surface area contributed by atoms with Crippen LogP contribution in [-0.4, -0.2) is 18.5 Å². The van der Waals surface area contributed by atoms with Gasteiger partial charge in [0.15, 0.2) is 0 Å². The summed E-state index contributed by atoms with van der Waals surface area (Å²) in [6.07, 6.45) is 2.27. The molecule has 3 rings (SSSR count). The highest BCUT2D eigenvalue weighted by Gasteiger charge is 2.14. The molecule has 0 amide bonds. The smallest absolute Gasteiger partial charge is 0.354 e. The molecule has 0 unspecified atom stereocenters. The molecule has 3 aromatic carbocycles. The largest absolute Gasteiger partial charge is 0.493 e. The Hall–Kier alpha value is -4.37. The molecular weight excluding hydrogens is 418 g/mol. The number of esters is 2. The van der Waals surface area contributed by atoms with Crippen molar-refractivity contribution in [3.05, 3.63) is 101 Å². The summed E-state index contributed by atoms with van der Waals surface area (Å²) in [6, 6.07) is 24.3. The van der Waals surface area contributed by atoms with E-state index in [-0.39, 0.29) is 17.9 Å². The van der Waals surface area contributed by atoms with E-state index < -0.39 is 11.9 Å². The zero-order chi connectivity index (χ0) is 23.5. The van der Waals surface area contributed by atoms with E-state index in [4.69, 9.17) is 14.2 Å². The molecule has 0 aliphatic rings. The molecular formula is C27H23NO5. The van der Waals surface area contributed by atoms with Gasteiger partial charge in [-0.15, -0.1) is 0 Å². The van der Waals surface area contributed by atoms with Gasteiger partial charge < -0.3 is 14.2 Å². The average Bonchev–Trinajstić information content (AvgIpc) is 2.86. The maximum Gasteiger partial charge on any atom is 0.354 e. The highest BCUT2D eigenvalue weighted by Crippen LogP contribution is 2.22. The number of hydrogen-bond donors (Lipinski definition) is 0. The minimum absolute atomic E-state index is 0.163. The van der Waals surface area contributed by atoms with Gasteiger partial charge in [0.25, 0.3) is 0 Å². The average molecular weight is 441 g/mol. The summed E-state index contributed by atoms with van der Waals surface area (Å²) in [4.78, 5) is 24.7. The van der Waals surface area contributed by atoms with Crippen molar-refractivity contribution in [1.82, 2.24) is 0 Å². The van der Waals surface area contributed by atoms with Crippen molar-refractivity contribution < 1.29 is 23.8 Å². The van der Waals surface area contributed by atoms with Gasteiger partial charge in [-0.3, -0.25) is 0 Å². The number of carbonyl (C=O) groups excluding carboxylic acids is 2. The Morgan fingerprint density at radius 2 is 1.64 bits per heavy atom. The van der Waals surface area contributed by atoms with E-state index in [1.807, 2.05) is 49.4 Å². The van der Waals surface area contributed by atoms with Crippen LogP contribution in [-0.2, 0) is 16.1 Å². The molecule has 0 N–H and O–H groups in total. The zero-order valence-corrected chi connectivity index (χ0v) is 18.2. The first-order valence-corrected chi connectivity index (χ1v) is 10.5. The van der Waals surface area contributed by atoms with Crippen LogP contribution in [0, 0.1) is 11.3 Å². The number of benzene rings is 3. The van der Waals surface area contributed by atoms with Gasteiger partial charge >= 0.3 is 11.9 Å². The van der Waals surface area contributed by atoms with Crippen LogP contribution in [0.15, 0.2) is 84.4 Å². The molecule has 0 heterocycles. The van der Waals surface area contributed by atoms with Crippen LogP contribution in [0.2, 0.25) is 0 Å². The van der Waals surface area contributed by atoms with Crippen molar-refractivity contribution in [3.63, 3.8) is 0 Å². The lowest BCUT2D eigenvalue weighted by molar-refractivity contribution is -0.129. The third kappa shape index (κ3) is 6.81. The zero-order valence-electron chi connectivity index (χ0n) is 18.2. The van der Waals surface area contributed by atoms with Crippen LogP contribution in [0.3, 0.4) is 0 Å². The van der Waals surface area contributed by atoms with Crippen molar-refractivity contribution in [2.45, 2.75) is 20.0 Å². The van der Waals surface area contributed by atoms with Crippen LogP contribution in [0.25, 0.3) is 6.08 Å². The van der Waals surface area contributed by atoms with Crippen LogP contribution in [0.5, 0.6) is 11.5 Å². The molecule has 0 saturated heterocycles. The van der Waals surface area contributed by atoms with Gasteiger partial charge in [0.05, 0.1) is 12.2 Å². The van der Waals surface area contributed by atoms with Crippen LogP contribution < -0.4 is 9.47 Å². The Labute approximate surface area is 192 Å². The summed E-state index contributed by atoms with van der Waals surface area (Å²) in [5.74, 6) is -0.505. The highest BCUT2D eigenvalue weighted by molar-refractivity contribution is 5.99. The van der Waals surface area contributed by atoms with Gasteiger partial charge in [-0.1, -0.05) is 55.5 Å². The second kappa shape index (κ2) is 11.9. The Kier molecular flexibility index (Phi) is 8.38. The Balaban J connectivity index is 1.64. The van der Waals surface area contributed by atoms with E-state index in [0.717, 1.165) is 12.0 Å². The van der Waals surface area contributed by atoms with Crippen LogP contribution in [0.1, 0.15) is 34.8 Å². The number of nitriles is 1. The fourth-order valence-electron chi connectivity index (χ4n) is 2.86. The second-order valence-electron chi connectivity index (χ2n) is 7.03.